The molecule has 7 heteroatoms. The molecule has 0 radical (unpaired) electrons. The zero-order valence-corrected chi connectivity index (χ0v) is 12.4. The van der Waals surface area contributed by atoms with Gasteiger partial charge in [0, 0.05) is 11.6 Å². The molecule has 106 valence electrons. The Morgan fingerprint density at radius 2 is 1.89 bits per heavy atom. The molecule has 1 aromatic carbocycles. The molecule has 0 saturated carbocycles. The minimum atomic E-state index is -3.72. The molecule has 0 aliphatic heterocycles. The summed E-state index contributed by atoms with van der Waals surface area (Å²) in [5.74, 6) is -0.348. The predicted octanol–water partition coefficient (Wildman–Crippen LogP) is 1.53. The van der Waals surface area contributed by atoms with Crippen molar-refractivity contribution in [2.24, 2.45) is 0 Å². The van der Waals surface area contributed by atoms with E-state index in [1.165, 1.54) is 31.2 Å². The summed E-state index contributed by atoms with van der Waals surface area (Å²) in [5.41, 5.74) is 0. The first-order valence-corrected chi connectivity index (χ1v) is 7.78. The molecule has 19 heavy (non-hydrogen) atoms. The molecule has 0 aliphatic carbocycles. The monoisotopic (exact) mass is 304 g/mol. The van der Waals surface area contributed by atoms with Gasteiger partial charge in [-0.3, -0.25) is 4.79 Å². The van der Waals surface area contributed by atoms with E-state index in [4.69, 9.17) is 11.6 Å². The molecule has 1 rings (SSSR count). The summed E-state index contributed by atoms with van der Waals surface area (Å²) in [6, 6.07) is 4.92. The smallest absolute Gasteiger partial charge is 0.241 e. The van der Waals surface area contributed by atoms with Gasteiger partial charge in [-0.1, -0.05) is 18.5 Å². The normalized spacial score (nSPS) is 13.0. The van der Waals surface area contributed by atoms with Gasteiger partial charge in [0.1, 0.15) is 0 Å². The van der Waals surface area contributed by atoms with Crippen molar-refractivity contribution in [2.75, 3.05) is 6.54 Å². The second-order valence-electron chi connectivity index (χ2n) is 4.09. The third-order valence-corrected chi connectivity index (χ3v) is 4.21. The zero-order chi connectivity index (χ0) is 14.5. The molecule has 1 atom stereocenters. The van der Waals surface area contributed by atoms with Crippen LogP contribution in [0.2, 0.25) is 5.02 Å². The van der Waals surface area contributed by atoms with Crippen LogP contribution in [0, 0.1) is 0 Å². The molecule has 0 aromatic heterocycles. The lowest BCUT2D eigenvalue weighted by Gasteiger charge is -2.14. The van der Waals surface area contributed by atoms with E-state index in [9.17, 15) is 13.2 Å². The van der Waals surface area contributed by atoms with Gasteiger partial charge < -0.3 is 5.32 Å². The van der Waals surface area contributed by atoms with E-state index in [0.717, 1.165) is 6.42 Å². The minimum absolute atomic E-state index is 0.0760. The SMILES string of the molecule is CCCNC(=O)C(C)NS(=O)(=O)c1ccc(Cl)cc1. The van der Waals surface area contributed by atoms with Crippen LogP contribution in [0.15, 0.2) is 29.2 Å². The summed E-state index contributed by atoms with van der Waals surface area (Å²) in [6.45, 7) is 3.94. The van der Waals surface area contributed by atoms with Crippen LogP contribution in [0.25, 0.3) is 0 Å². The first-order valence-electron chi connectivity index (χ1n) is 5.92. The van der Waals surface area contributed by atoms with Crippen molar-refractivity contribution in [1.29, 1.82) is 0 Å². The summed E-state index contributed by atoms with van der Waals surface area (Å²) in [7, 11) is -3.72. The van der Waals surface area contributed by atoms with Crippen LogP contribution in [0.3, 0.4) is 0 Å². The maximum absolute atomic E-state index is 12.0. The van der Waals surface area contributed by atoms with Crippen molar-refractivity contribution >= 4 is 27.5 Å². The van der Waals surface area contributed by atoms with Crippen molar-refractivity contribution in [2.45, 2.75) is 31.2 Å². The fourth-order valence-corrected chi connectivity index (χ4v) is 2.70. The van der Waals surface area contributed by atoms with E-state index in [0.29, 0.717) is 11.6 Å². The van der Waals surface area contributed by atoms with Crippen molar-refractivity contribution in [3.63, 3.8) is 0 Å². The molecule has 0 heterocycles. The van der Waals surface area contributed by atoms with Gasteiger partial charge in [0.05, 0.1) is 10.9 Å². The Bertz CT molecular complexity index is 528. The number of nitrogens with one attached hydrogen (secondary N) is 2. The number of amides is 1. The molecule has 0 spiro atoms. The second kappa shape index (κ2) is 6.88. The van der Waals surface area contributed by atoms with E-state index in [1.807, 2.05) is 6.92 Å². The number of carbonyl (C=O) groups excluding carboxylic acids is 1. The molecule has 0 aliphatic rings. The molecule has 1 unspecified atom stereocenters. The number of hydrogen-bond acceptors (Lipinski definition) is 3. The fourth-order valence-electron chi connectivity index (χ4n) is 1.37. The third kappa shape index (κ3) is 4.81. The highest BCUT2D eigenvalue weighted by molar-refractivity contribution is 7.89. The molecule has 2 N–H and O–H groups in total. The Kier molecular flexibility index (Phi) is 5.78. The zero-order valence-electron chi connectivity index (χ0n) is 10.8. The Morgan fingerprint density at radius 1 is 1.32 bits per heavy atom. The molecule has 1 amide bonds. The Balaban J connectivity index is 2.74. The van der Waals surface area contributed by atoms with Crippen molar-refractivity contribution in [3.8, 4) is 0 Å². The number of sulfonamides is 1. The average Bonchev–Trinajstić information content (AvgIpc) is 2.35. The highest BCUT2D eigenvalue weighted by atomic mass is 35.5. The summed E-state index contributed by atoms with van der Waals surface area (Å²) in [6.07, 6.45) is 0.794. The lowest BCUT2D eigenvalue weighted by atomic mass is 10.3. The van der Waals surface area contributed by atoms with E-state index >= 15 is 0 Å². The van der Waals surface area contributed by atoms with Gasteiger partial charge in [0.15, 0.2) is 0 Å². The van der Waals surface area contributed by atoms with Gasteiger partial charge in [-0.25, -0.2) is 8.42 Å². The molecule has 5 nitrogen and oxygen atoms in total. The number of benzene rings is 1. The van der Waals surface area contributed by atoms with Crippen LogP contribution >= 0.6 is 11.6 Å². The number of rotatable bonds is 6. The van der Waals surface area contributed by atoms with Gasteiger partial charge in [-0.2, -0.15) is 4.72 Å². The van der Waals surface area contributed by atoms with Crippen molar-refractivity contribution in [1.82, 2.24) is 10.0 Å². The summed E-state index contributed by atoms with van der Waals surface area (Å²) in [4.78, 5) is 11.7. The summed E-state index contributed by atoms with van der Waals surface area (Å²) >= 11 is 5.70. The van der Waals surface area contributed by atoms with E-state index in [2.05, 4.69) is 10.0 Å². The van der Waals surface area contributed by atoms with Crippen LogP contribution in [0.4, 0.5) is 0 Å². The van der Waals surface area contributed by atoms with Gasteiger partial charge in [-0.15, -0.1) is 0 Å². The fraction of sp³-hybridized carbons (Fsp3) is 0.417. The van der Waals surface area contributed by atoms with Crippen LogP contribution in [0.5, 0.6) is 0 Å². The quantitative estimate of drug-likeness (QED) is 0.837. The molecule has 0 fully saturated rings. The summed E-state index contributed by atoms with van der Waals surface area (Å²) < 4.78 is 26.3. The lowest BCUT2D eigenvalue weighted by molar-refractivity contribution is -0.122. The molecular weight excluding hydrogens is 288 g/mol. The first-order chi connectivity index (χ1) is 8.86. The van der Waals surface area contributed by atoms with Crippen LogP contribution in [-0.2, 0) is 14.8 Å². The Hall–Kier alpha value is -1.11. The average molecular weight is 305 g/mol. The highest BCUT2D eigenvalue weighted by Gasteiger charge is 2.21. The highest BCUT2D eigenvalue weighted by Crippen LogP contribution is 2.14. The van der Waals surface area contributed by atoms with Crippen LogP contribution in [0.1, 0.15) is 20.3 Å². The van der Waals surface area contributed by atoms with Gasteiger partial charge in [-0.05, 0) is 37.6 Å². The van der Waals surface area contributed by atoms with Crippen molar-refractivity contribution in [3.05, 3.63) is 29.3 Å². The van der Waals surface area contributed by atoms with Crippen LogP contribution in [-0.4, -0.2) is 26.9 Å². The molecule has 0 bridgehead atoms. The van der Waals surface area contributed by atoms with Gasteiger partial charge in [0.2, 0.25) is 15.9 Å². The topological polar surface area (TPSA) is 75.3 Å². The Morgan fingerprint density at radius 3 is 2.42 bits per heavy atom. The third-order valence-electron chi connectivity index (χ3n) is 2.40. The molecule has 0 saturated heterocycles. The van der Waals surface area contributed by atoms with E-state index < -0.39 is 16.1 Å². The van der Waals surface area contributed by atoms with Crippen LogP contribution < -0.4 is 10.0 Å². The largest absolute Gasteiger partial charge is 0.355 e. The number of hydrogen-bond donors (Lipinski definition) is 2. The standard InChI is InChI=1S/C12H17ClN2O3S/c1-3-8-14-12(16)9(2)15-19(17,18)11-6-4-10(13)5-7-11/h4-7,9,15H,3,8H2,1-2H3,(H,14,16). The maximum atomic E-state index is 12.0. The first kappa shape index (κ1) is 15.9. The molecular formula is C12H17ClN2O3S. The minimum Gasteiger partial charge on any atom is -0.355 e. The van der Waals surface area contributed by atoms with E-state index in [-0.39, 0.29) is 10.8 Å². The second-order valence-corrected chi connectivity index (χ2v) is 6.24. The summed E-state index contributed by atoms with van der Waals surface area (Å²) in [5, 5.41) is 3.08. The maximum Gasteiger partial charge on any atom is 0.241 e. The van der Waals surface area contributed by atoms with Gasteiger partial charge in [0.25, 0.3) is 0 Å². The van der Waals surface area contributed by atoms with E-state index in [1.54, 1.807) is 0 Å². The number of carbonyl (C=O) groups is 1. The molecule has 1 aromatic rings. The predicted molar refractivity (Wildman–Crippen MR) is 74.5 cm³/mol. The Labute approximate surface area is 118 Å². The lowest BCUT2D eigenvalue weighted by Crippen LogP contribution is -2.44. The van der Waals surface area contributed by atoms with Crippen molar-refractivity contribution < 1.29 is 13.2 Å². The van der Waals surface area contributed by atoms with Gasteiger partial charge >= 0.3 is 0 Å². The number of halogens is 1.